The first kappa shape index (κ1) is 21.7. The van der Waals surface area contributed by atoms with Gasteiger partial charge in [-0.15, -0.1) is 11.3 Å². The zero-order chi connectivity index (χ0) is 23.2. The van der Waals surface area contributed by atoms with E-state index in [9.17, 15) is 4.79 Å². The zero-order valence-electron chi connectivity index (χ0n) is 18.3. The van der Waals surface area contributed by atoms with Crippen LogP contribution in [-0.2, 0) is 11.4 Å². The highest BCUT2D eigenvalue weighted by Gasteiger charge is 2.08. The molecule has 6 heteroatoms. The first-order valence-electron chi connectivity index (χ1n) is 10.9. The maximum Gasteiger partial charge on any atom is 0.262 e. The second-order valence-electron chi connectivity index (χ2n) is 7.65. The molecule has 0 bridgehead atoms. The number of anilines is 1. The van der Waals surface area contributed by atoms with Crippen LogP contribution in [0.3, 0.4) is 0 Å². The number of amides is 1. The van der Waals surface area contributed by atoms with E-state index in [1.807, 2.05) is 97.1 Å². The van der Waals surface area contributed by atoms with Gasteiger partial charge in [0, 0.05) is 11.3 Å². The fourth-order valence-corrected chi connectivity index (χ4v) is 4.38. The number of carbonyl (C=O) groups excluding carboxylic acids is 1. The summed E-state index contributed by atoms with van der Waals surface area (Å²) in [5, 5.41) is 3.80. The van der Waals surface area contributed by atoms with Gasteiger partial charge in [0.1, 0.15) is 23.1 Å². The number of nitrogens with one attached hydrogen (secondary N) is 1. The van der Waals surface area contributed by atoms with Gasteiger partial charge in [-0.05, 0) is 66.2 Å². The van der Waals surface area contributed by atoms with Crippen LogP contribution in [0.5, 0.6) is 11.5 Å². The van der Waals surface area contributed by atoms with Crippen LogP contribution < -0.4 is 14.8 Å². The molecule has 5 aromatic rings. The molecule has 0 unspecified atom stereocenters. The van der Waals surface area contributed by atoms with Gasteiger partial charge in [-0.1, -0.05) is 42.5 Å². The number of benzene rings is 4. The Bertz CT molecular complexity index is 1350. The molecular formula is C28H22N2O3S. The zero-order valence-corrected chi connectivity index (χ0v) is 19.1. The molecule has 0 saturated heterocycles. The summed E-state index contributed by atoms with van der Waals surface area (Å²) in [7, 11) is 0. The number of nitrogens with zero attached hydrogens (tertiary/aromatic N) is 1. The average molecular weight is 467 g/mol. The van der Waals surface area contributed by atoms with Crippen molar-refractivity contribution in [1.82, 2.24) is 4.98 Å². The standard InChI is InChI=1S/C28H22N2O3S/c31-27(29-22-12-16-24(17-13-22)32-18-20-6-2-1-3-7-20)19-33-23-14-10-21(11-15-23)28-30-25-8-4-5-9-26(25)34-28/h1-17H,18-19H2,(H,29,31). The Morgan fingerprint density at radius 3 is 2.21 bits per heavy atom. The normalized spacial score (nSPS) is 10.7. The lowest BCUT2D eigenvalue weighted by Crippen LogP contribution is -2.20. The molecule has 1 N–H and O–H groups in total. The van der Waals surface area contributed by atoms with Crippen molar-refractivity contribution in [2.75, 3.05) is 11.9 Å². The lowest BCUT2D eigenvalue weighted by Gasteiger charge is -2.09. The maximum absolute atomic E-state index is 12.3. The molecular weight excluding hydrogens is 444 g/mol. The van der Waals surface area contributed by atoms with Gasteiger partial charge in [0.25, 0.3) is 5.91 Å². The second-order valence-corrected chi connectivity index (χ2v) is 8.68. The fourth-order valence-electron chi connectivity index (χ4n) is 3.41. The van der Waals surface area contributed by atoms with E-state index < -0.39 is 0 Å². The quantitative estimate of drug-likeness (QED) is 0.281. The summed E-state index contributed by atoms with van der Waals surface area (Å²) in [6, 6.07) is 33.0. The van der Waals surface area contributed by atoms with Gasteiger partial charge in [0.05, 0.1) is 10.2 Å². The minimum Gasteiger partial charge on any atom is -0.489 e. The van der Waals surface area contributed by atoms with E-state index in [1.54, 1.807) is 11.3 Å². The molecule has 0 aliphatic heterocycles. The molecule has 0 saturated carbocycles. The number of ether oxygens (including phenoxy) is 2. The summed E-state index contributed by atoms with van der Waals surface area (Å²) < 4.78 is 12.6. The van der Waals surface area contributed by atoms with Crippen LogP contribution in [0.2, 0.25) is 0 Å². The number of fused-ring (bicyclic) bond motifs is 1. The molecule has 4 aromatic carbocycles. The molecule has 5 rings (SSSR count). The highest BCUT2D eigenvalue weighted by atomic mass is 32.1. The van der Waals surface area contributed by atoms with Crippen molar-refractivity contribution in [1.29, 1.82) is 0 Å². The van der Waals surface area contributed by atoms with Gasteiger partial charge in [-0.2, -0.15) is 0 Å². The monoisotopic (exact) mass is 466 g/mol. The van der Waals surface area contributed by atoms with E-state index in [4.69, 9.17) is 9.47 Å². The molecule has 0 aliphatic rings. The predicted molar refractivity (Wildman–Crippen MR) is 136 cm³/mol. The summed E-state index contributed by atoms with van der Waals surface area (Å²) in [4.78, 5) is 17.0. The van der Waals surface area contributed by atoms with Gasteiger partial charge < -0.3 is 14.8 Å². The van der Waals surface area contributed by atoms with Gasteiger partial charge in [-0.3, -0.25) is 4.79 Å². The minimum absolute atomic E-state index is 0.0766. The summed E-state index contributed by atoms with van der Waals surface area (Å²) in [6.45, 7) is 0.422. The SMILES string of the molecule is O=C(COc1ccc(-c2nc3ccccc3s2)cc1)Nc1ccc(OCc2ccccc2)cc1. The smallest absolute Gasteiger partial charge is 0.262 e. The third-order valence-electron chi connectivity index (χ3n) is 5.15. The maximum atomic E-state index is 12.3. The van der Waals surface area contributed by atoms with Crippen LogP contribution in [0.15, 0.2) is 103 Å². The molecule has 1 aromatic heterocycles. The van der Waals surface area contributed by atoms with E-state index in [-0.39, 0.29) is 12.5 Å². The van der Waals surface area contributed by atoms with Crippen LogP contribution in [-0.4, -0.2) is 17.5 Å². The molecule has 0 spiro atoms. The lowest BCUT2D eigenvalue weighted by atomic mass is 10.2. The fraction of sp³-hybridized carbons (Fsp3) is 0.0714. The van der Waals surface area contributed by atoms with E-state index in [0.29, 0.717) is 18.0 Å². The average Bonchev–Trinajstić information content (AvgIpc) is 3.32. The number of hydrogen-bond acceptors (Lipinski definition) is 5. The van der Waals surface area contributed by atoms with Crippen LogP contribution in [0.1, 0.15) is 5.56 Å². The Labute approximate surface area is 201 Å². The molecule has 1 heterocycles. The third kappa shape index (κ3) is 5.42. The first-order valence-corrected chi connectivity index (χ1v) is 11.7. The van der Waals surface area contributed by atoms with Gasteiger partial charge in [-0.25, -0.2) is 4.98 Å². The number of thiazole rings is 1. The Morgan fingerprint density at radius 1 is 0.765 bits per heavy atom. The highest BCUT2D eigenvalue weighted by Crippen LogP contribution is 2.30. The molecule has 168 valence electrons. The largest absolute Gasteiger partial charge is 0.489 e. The highest BCUT2D eigenvalue weighted by molar-refractivity contribution is 7.21. The van der Waals surface area contributed by atoms with Crippen molar-refractivity contribution in [3.8, 4) is 22.1 Å². The van der Waals surface area contributed by atoms with Gasteiger partial charge in [0.15, 0.2) is 6.61 Å². The Hall–Kier alpha value is -4.16. The van der Waals surface area contributed by atoms with E-state index in [2.05, 4.69) is 16.4 Å². The Morgan fingerprint density at radius 2 is 1.44 bits per heavy atom. The van der Waals surface area contributed by atoms with Crippen molar-refractivity contribution in [2.24, 2.45) is 0 Å². The number of rotatable bonds is 8. The van der Waals surface area contributed by atoms with Crippen molar-refractivity contribution in [2.45, 2.75) is 6.61 Å². The molecule has 0 fully saturated rings. The lowest BCUT2D eigenvalue weighted by molar-refractivity contribution is -0.118. The number of para-hydroxylation sites is 1. The summed E-state index contributed by atoms with van der Waals surface area (Å²) in [6.07, 6.45) is 0. The number of hydrogen-bond donors (Lipinski definition) is 1. The van der Waals surface area contributed by atoms with Crippen LogP contribution in [0.25, 0.3) is 20.8 Å². The van der Waals surface area contributed by atoms with E-state index in [0.717, 1.165) is 32.1 Å². The third-order valence-corrected chi connectivity index (χ3v) is 6.24. The van der Waals surface area contributed by atoms with Crippen molar-refractivity contribution in [3.05, 3.63) is 109 Å². The van der Waals surface area contributed by atoms with Crippen LogP contribution in [0.4, 0.5) is 5.69 Å². The van der Waals surface area contributed by atoms with E-state index >= 15 is 0 Å². The van der Waals surface area contributed by atoms with Crippen molar-refractivity contribution >= 4 is 33.1 Å². The second kappa shape index (κ2) is 10.2. The van der Waals surface area contributed by atoms with Crippen molar-refractivity contribution in [3.63, 3.8) is 0 Å². The predicted octanol–water partition coefficient (Wildman–Crippen LogP) is 6.56. The summed E-state index contributed by atoms with van der Waals surface area (Å²) in [5.41, 5.74) is 3.81. The number of carbonyl (C=O) groups is 1. The molecule has 5 nitrogen and oxygen atoms in total. The van der Waals surface area contributed by atoms with E-state index in [1.165, 1.54) is 0 Å². The van der Waals surface area contributed by atoms with Crippen molar-refractivity contribution < 1.29 is 14.3 Å². The Kier molecular flexibility index (Phi) is 6.49. The molecule has 34 heavy (non-hydrogen) atoms. The molecule has 1 amide bonds. The summed E-state index contributed by atoms with van der Waals surface area (Å²) in [5.74, 6) is 1.14. The van der Waals surface area contributed by atoms with Crippen LogP contribution in [0, 0.1) is 0 Å². The van der Waals surface area contributed by atoms with Crippen LogP contribution >= 0.6 is 11.3 Å². The first-order chi connectivity index (χ1) is 16.7. The number of aromatic nitrogens is 1. The topological polar surface area (TPSA) is 60.5 Å². The Balaban J connectivity index is 1.11. The van der Waals surface area contributed by atoms with Gasteiger partial charge >= 0.3 is 0 Å². The summed E-state index contributed by atoms with van der Waals surface area (Å²) >= 11 is 1.65. The van der Waals surface area contributed by atoms with Gasteiger partial charge in [0.2, 0.25) is 0 Å². The molecule has 0 radical (unpaired) electrons. The molecule has 0 aliphatic carbocycles. The minimum atomic E-state index is -0.229. The molecule has 0 atom stereocenters.